The van der Waals surface area contributed by atoms with Gasteiger partial charge in [0.15, 0.2) is 0 Å². The fourth-order valence-corrected chi connectivity index (χ4v) is 4.88. The summed E-state index contributed by atoms with van der Waals surface area (Å²) in [6, 6.07) is 0. The van der Waals surface area contributed by atoms with Crippen LogP contribution in [-0.2, 0) is 14.3 Å². The average molecular weight is 389 g/mol. The molecule has 0 saturated carbocycles. The molecule has 0 spiro atoms. The van der Waals surface area contributed by atoms with Crippen LogP contribution >= 0.6 is 0 Å². The first kappa shape index (κ1) is 21.2. The molecule has 156 valence electrons. The van der Waals surface area contributed by atoms with Crippen LogP contribution in [0.4, 0.5) is 0 Å². The Bertz CT molecular complexity index is 635. The zero-order valence-corrected chi connectivity index (χ0v) is 17.6. The molecule has 7 atom stereocenters. The van der Waals surface area contributed by atoms with Crippen molar-refractivity contribution in [3.05, 3.63) is 36.1 Å². The van der Waals surface area contributed by atoms with E-state index in [2.05, 4.69) is 25.7 Å². The third-order valence-electron chi connectivity index (χ3n) is 6.79. The van der Waals surface area contributed by atoms with Crippen molar-refractivity contribution in [2.75, 3.05) is 0 Å². The van der Waals surface area contributed by atoms with Crippen molar-refractivity contribution in [3.63, 3.8) is 0 Å². The maximum Gasteiger partial charge on any atom is 0.308 e. The van der Waals surface area contributed by atoms with Crippen molar-refractivity contribution in [2.24, 2.45) is 23.7 Å². The Morgan fingerprint density at radius 2 is 2.21 bits per heavy atom. The Morgan fingerprint density at radius 3 is 2.93 bits per heavy atom. The first-order chi connectivity index (χ1) is 13.4. The van der Waals surface area contributed by atoms with E-state index in [1.165, 1.54) is 0 Å². The second-order valence-electron chi connectivity index (χ2n) is 8.91. The van der Waals surface area contributed by atoms with E-state index in [1.807, 2.05) is 19.9 Å². The lowest BCUT2D eigenvalue weighted by Crippen LogP contribution is -2.43. The summed E-state index contributed by atoms with van der Waals surface area (Å²) < 4.78 is 11.9. The Labute approximate surface area is 169 Å². The quantitative estimate of drug-likeness (QED) is 0.655. The molecule has 0 radical (unpaired) electrons. The largest absolute Gasteiger partial charge is 0.495 e. The molecule has 1 fully saturated rings. The summed E-state index contributed by atoms with van der Waals surface area (Å²) >= 11 is 0. The van der Waals surface area contributed by atoms with Crippen LogP contribution in [0.2, 0.25) is 0 Å². The Balaban J connectivity index is 1.74. The van der Waals surface area contributed by atoms with E-state index < -0.39 is 6.10 Å². The van der Waals surface area contributed by atoms with Crippen LogP contribution in [0.25, 0.3) is 0 Å². The summed E-state index contributed by atoms with van der Waals surface area (Å²) in [5.41, 5.74) is 1.12. The van der Waals surface area contributed by atoms with Crippen molar-refractivity contribution in [3.8, 4) is 0 Å². The van der Waals surface area contributed by atoms with Gasteiger partial charge >= 0.3 is 5.97 Å². The molecule has 3 rings (SSSR count). The number of allylic oxidation sites excluding steroid dienone is 3. The van der Waals surface area contributed by atoms with Crippen molar-refractivity contribution < 1.29 is 19.4 Å². The maximum absolute atomic E-state index is 12.5. The summed E-state index contributed by atoms with van der Waals surface area (Å²) in [6.45, 7) is 10.1. The molecule has 4 nitrogen and oxygen atoms in total. The van der Waals surface area contributed by atoms with Crippen LogP contribution in [0.3, 0.4) is 0 Å². The number of esters is 1. The predicted molar refractivity (Wildman–Crippen MR) is 110 cm³/mol. The van der Waals surface area contributed by atoms with E-state index in [0.717, 1.165) is 49.9 Å². The summed E-state index contributed by atoms with van der Waals surface area (Å²) in [7, 11) is 0. The monoisotopic (exact) mass is 388 g/mol. The fourth-order valence-electron chi connectivity index (χ4n) is 4.88. The fraction of sp³-hybridized carbons (Fsp3) is 0.708. The molecular weight excluding hydrogens is 352 g/mol. The van der Waals surface area contributed by atoms with Crippen LogP contribution in [0, 0.1) is 23.7 Å². The molecule has 1 N–H and O–H groups in total. The van der Waals surface area contributed by atoms with Gasteiger partial charge in [-0.2, -0.15) is 0 Å². The van der Waals surface area contributed by atoms with Gasteiger partial charge in [-0.1, -0.05) is 45.6 Å². The highest BCUT2D eigenvalue weighted by Gasteiger charge is 2.42. The first-order valence-corrected chi connectivity index (χ1v) is 11.0. The van der Waals surface area contributed by atoms with E-state index >= 15 is 0 Å². The van der Waals surface area contributed by atoms with Crippen LogP contribution < -0.4 is 0 Å². The first-order valence-electron chi connectivity index (χ1n) is 11.0. The van der Waals surface area contributed by atoms with Crippen molar-refractivity contribution in [2.45, 2.75) is 84.0 Å². The van der Waals surface area contributed by atoms with Gasteiger partial charge in [0, 0.05) is 18.8 Å². The topological polar surface area (TPSA) is 55.8 Å². The van der Waals surface area contributed by atoms with Crippen LogP contribution in [0.5, 0.6) is 0 Å². The minimum atomic E-state index is -0.551. The van der Waals surface area contributed by atoms with Gasteiger partial charge in [0.05, 0.1) is 23.9 Å². The third-order valence-corrected chi connectivity index (χ3v) is 6.79. The van der Waals surface area contributed by atoms with E-state index in [0.29, 0.717) is 18.3 Å². The number of ether oxygens (including phenoxy) is 2. The minimum absolute atomic E-state index is 0.108. The second-order valence-corrected chi connectivity index (χ2v) is 8.91. The molecule has 1 heterocycles. The van der Waals surface area contributed by atoms with Gasteiger partial charge in [-0.3, -0.25) is 4.79 Å². The molecule has 0 bridgehead atoms. The standard InChI is InChI=1S/C24H36O4/c1-5-15(2)24(26)28-22-14-19(25)13-18-10-9-16(3)21(23(18)22)12-11-20-8-6-7-17(4)27-20/h9-10,13,15-16,19-23,25H,4-8,11-12,14H2,1-3H3/t15?,16?,19?,20?,21-,22-,23?/m0/s1. The van der Waals surface area contributed by atoms with Gasteiger partial charge in [0.2, 0.25) is 0 Å². The number of carbonyl (C=O) groups is 1. The van der Waals surface area contributed by atoms with Gasteiger partial charge < -0.3 is 14.6 Å². The summed E-state index contributed by atoms with van der Waals surface area (Å²) in [6.07, 6.45) is 12.3. The lowest BCUT2D eigenvalue weighted by atomic mass is 9.66. The van der Waals surface area contributed by atoms with Crippen LogP contribution in [0.1, 0.15) is 65.7 Å². The molecule has 3 aliphatic rings. The number of hydrogen-bond donors (Lipinski definition) is 1. The molecule has 28 heavy (non-hydrogen) atoms. The molecule has 2 aliphatic carbocycles. The number of carbonyl (C=O) groups excluding carboxylic acids is 1. The zero-order valence-electron chi connectivity index (χ0n) is 17.6. The lowest BCUT2D eigenvalue weighted by molar-refractivity contribution is -0.159. The molecule has 4 heteroatoms. The lowest BCUT2D eigenvalue weighted by Gasteiger charge is -2.43. The number of fused-ring (bicyclic) bond motifs is 1. The highest BCUT2D eigenvalue weighted by Crippen LogP contribution is 2.44. The summed E-state index contributed by atoms with van der Waals surface area (Å²) in [5, 5.41) is 10.3. The SMILES string of the molecule is C=C1CCCC(CC[C@H]2C(C)C=CC3=CC(O)C[C@H](OC(=O)C(C)CC)C32)O1. The second kappa shape index (κ2) is 9.30. The van der Waals surface area contributed by atoms with Gasteiger partial charge in [0.1, 0.15) is 6.10 Å². The smallest absolute Gasteiger partial charge is 0.308 e. The van der Waals surface area contributed by atoms with Gasteiger partial charge in [-0.05, 0) is 49.5 Å². The van der Waals surface area contributed by atoms with Crippen LogP contribution in [-0.4, -0.2) is 29.4 Å². The van der Waals surface area contributed by atoms with E-state index in [4.69, 9.17) is 9.47 Å². The minimum Gasteiger partial charge on any atom is -0.495 e. The normalized spacial score (nSPS) is 36.1. The van der Waals surface area contributed by atoms with E-state index in [1.54, 1.807) is 0 Å². The average Bonchev–Trinajstić information content (AvgIpc) is 2.66. The highest BCUT2D eigenvalue weighted by molar-refractivity contribution is 5.72. The van der Waals surface area contributed by atoms with E-state index in [9.17, 15) is 9.90 Å². The third kappa shape index (κ3) is 4.89. The number of aliphatic hydroxyl groups is 1. The van der Waals surface area contributed by atoms with Gasteiger partial charge in [0.25, 0.3) is 0 Å². The Hall–Kier alpha value is -1.55. The maximum atomic E-state index is 12.5. The summed E-state index contributed by atoms with van der Waals surface area (Å²) in [5.74, 6) is 1.61. The van der Waals surface area contributed by atoms with Crippen molar-refractivity contribution in [1.29, 1.82) is 0 Å². The van der Waals surface area contributed by atoms with Crippen molar-refractivity contribution in [1.82, 2.24) is 0 Å². The number of hydrogen-bond acceptors (Lipinski definition) is 4. The van der Waals surface area contributed by atoms with Crippen molar-refractivity contribution >= 4 is 5.97 Å². The number of rotatable bonds is 6. The molecule has 0 amide bonds. The molecule has 0 aromatic carbocycles. The molecule has 1 saturated heterocycles. The van der Waals surface area contributed by atoms with Crippen LogP contribution in [0.15, 0.2) is 36.1 Å². The molecule has 5 unspecified atom stereocenters. The molecule has 0 aromatic heterocycles. The zero-order chi connectivity index (χ0) is 20.3. The number of aliphatic hydroxyl groups excluding tert-OH is 1. The Kier molecular flexibility index (Phi) is 7.03. The molecule has 0 aromatic rings. The van der Waals surface area contributed by atoms with E-state index in [-0.39, 0.29) is 30.0 Å². The Morgan fingerprint density at radius 1 is 1.43 bits per heavy atom. The molecular formula is C24H36O4. The predicted octanol–water partition coefficient (Wildman–Crippen LogP) is 4.94. The molecule has 1 aliphatic heterocycles. The van der Waals surface area contributed by atoms with Gasteiger partial charge in [-0.15, -0.1) is 0 Å². The highest BCUT2D eigenvalue weighted by atomic mass is 16.5. The summed E-state index contributed by atoms with van der Waals surface area (Å²) in [4.78, 5) is 12.5. The van der Waals surface area contributed by atoms with Gasteiger partial charge in [-0.25, -0.2) is 0 Å².